The van der Waals surface area contributed by atoms with Crippen LogP contribution in [0, 0.1) is 13.8 Å². The largest absolute Gasteiger partial charge is 0.353 e. The van der Waals surface area contributed by atoms with E-state index < -0.39 is 0 Å². The van der Waals surface area contributed by atoms with Crippen molar-refractivity contribution in [2.24, 2.45) is 0 Å². The number of benzene rings is 2. The van der Waals surface area contributed by atoms with E-state index in [0.717, 1.165) is 42.1 Å². The van der Waals surface area contributed by atoms with Gasteiger partial charge in [0, 0.05) is 32.2 Å². The zero-order valence-electron chi connectivity index (χ0n) is 18.1. The standard InChI is InChI=1S/C25H28N4O2/c1-19-4-8-21(9-5-19)18-25(31)28-15-3-14-27(16-17-28)23-12-13-24(30)29(26-23)22-10-6-20(2)7-11-22/h4-13H,3,14-18H2,1-2H3. The predicted molar refractivity (Wildman–Crippen MR) is 123 cm³/mol. The van der Waals surface area contributed by atoms with Gasteiger partial charge in [-0.25, -0.2) is 0 Å². The number of anilines is 1. The molecule has 1 saturated heterocycles. The Kier molecular flexibility index (Phi) is 6.16. The second-order valence-electron chi connectivity index (χ2n) is 8.16. The van der Waals surface area contributed by atoms with E-state index in [1.54, 1.807) is 12.1 Å². The third-order valence-electron chi connectivity index (χ3n) is 5.71. The fraction of sp³-hybridized carbons (Fsp3) is 0.320. The van der Waals surface area contributed by atoms with Crippen molar-refractivity contribution in [1.82, 2.24) is 14.7 Å². The van der Waals surface area contributed by atoms with Crippen LogP contribution < -0.4 is 10.5 Å². The molecule has 2 aromatic carbocycles. The van der Waals surface area contributed by atoms with Gasteiger partial charge in [0.05, 0.1) is 12.1 Å². The number of hydrogen-bond acceptors (Lipinski definition) is 4. The average Bonchev–Trinajstić information content (AvgIpc) is 3.03. The zero-order chi connectivity index (χ0) is 21.8. The van der Waals surface area contributed by atoms with E-state index in [4.69, 9.17) is 0 Å². The van der Waals surface area contributed by atoms with Gasteiger partial charge in [-0.15, -0.1) is 5.10 Å². The minimum Gasteiger partial charge on any atom is -0.353 e. The third kappa shape index (κ3) is 5.02. The van der Waals surface area contributed by atoms with E-state index in [9.17, 15) is 9.59 Å². The van der Waals surface area contributed by atoms with Crippen LogP contribution in [0.4, 0.5) is 5.82 Å². The van der Waals surface area contributed by atoms with Gasteiger partial charge < -0.3 is 9.80 Å². The third-order valence-corrected chi connectivity index (χ3v) is 5.71. The van der Waals surface area contributed by atoms with Crippen molar-refractivity contribution < 1.29 is 4.79 Å². The van der Waals surface area contributed by atoms with Gasteiger partial charge in [0.2, 0.25) is 5.91 Å². The molecule has 1 fully saturated rings. The van der Waals surface area contributed by atoms with E-state index in [1.165, 1.54) is 10.2 Å². The van der Waals surface area contributed by atoms with Gasteiger partial charge in [-0.1, -0.05) is 47.5 Å². The lowest BCUT2D eigenvalue weighted by Crippen LogP contribution is -2.36. The monoisotopic (exact) mass is 416 g/mol. The van der Waals surface area contributed by atoms with Gasteiger partial charge in [-0.3, -0.25) is 9.59 Å². The maximum Gasteiger partial charge on any atom is 0.271 e. The fourth-order valence-electron chi connectivity index (χ4n) is 3.83. The topological polar surface area (TPSA) is 58.4 Å². The van der Waals surface area contributed by atoms with Crippen LogP contribution in [0.1, 0.15) is 23.1 Å². The molecule has 0 unspecified atom stereocenters. The van der Waals surface area contributed by atoms with Crippen molar-refractivity contribution in [2.45, 2.75) is 26.7 Å². The van der Waals surface area contributed by atoms with Crippen molar-refractivity contribution in [3.63, 3.8) is 0 Å². The van der Waals surface area contributed by atoms with Crippen molar-refractivity contribution in [2.75, 3.05) is 31.1 Å². The smallest absolute Gasteiger partial charge is 0.271 e. The molecule has 6 nitrogen and oxygen atoms in total. The van der Waals surface area contributed by atoms with Gasteiger partial charge in [0.1, 0.15) is 5.82 Å². The van der Waals surface area contributed by atoms with Crippen LogP contribution in [-0.2, 0) is 11.2 Å². The van der Waals surface area contributed by atoms with E-state index in [1.807, 2.05) is 67.3 Å². The van der Waals surface area contributed by atoms with Crippen LogP contribution in [0.25, 0.3) is 5.69 Å². The average molecular weight is 417 g/mol. The van der Waals surface area contributed by atoms with Gasteiger partial charge in [0.25, 0.3) is 5.56 Å². The summed E-state index contributed by atoms with van der Waals surface area (Å²) in [6.45, 7) is 6.94. The number of aryl methyl sites for hydroxylation is 2. The molecule has 2 heterocycles. The van der Waals surface area contributed by atoms with E-state index in [0.29, 0.717) is 19.5 Å². The Hall–Kier alpha value is -3.41. The van der Waals surface area contributed by atoms with Gasteiger partial charge in [-0.2, -0.15) is 4.68 Å². The second kappa shape index (κ2) is 9.16. The minimum atomic E-state index is -0.155. The Morgan fingerprint density at radius 3 is 2.23 bits per heavy atom. The molecule has 160 valence electrons. The SMILES string of the molecule is Cc1ccc(CC(=O)N2CCCN(c3ccc(=O)n(-c4ccc(C)cc4)n3)CC2)cc1. The number of hydrogen-bond donors (Lipinski definition) is 0. The molecule has 0 atom stereocenters. The van der Waals surface area contributed by atoms with Crippen LogP contribution in [0.2, 0.25) is 0 Å². The Morgan fingerprint density at radius 1 is 0.839 bits per heavy atom. The molecule has 1 amide bonds. The van der Waals surface area contributed by atoms with E-state index in [2.05, 4.69) is 10.00 Å². The molecule has 6 heteroatoms. The van der Waals surface area contributed by atoms with Gasteiger partial charge in [-0.05, 0) is 44.0 Å². The van der Waals surface area contributed by atoms with Crippen molar-refractivity contribution in [3.8, 4) is 5.69 Å². The van der Waals surface area contributed by atoms with Crippen molar-refractivity contribution >= 4 is 11.7 Å². The summed E-state index contributed by atoms with van der Waals surface area (Å²) in [6, 6.07) is 19.2. The molecular weight excluding hydrogens is 388 g/mol. The maximum absolute atomic E-state index is 12.8. The first-order valence-electron chi connectivity index (χ1n) is 10.8. The molecule has 0 saturated carbocycles. The van der Waals surface area contributed by atoms with Crippen LogP contribution in [-0.4, -0.2) is 46.8 Å². The minimum absolute atomic E-state index is 0.155. The molecule has 0 aliphatic carbocycles. The highest BCUT2D eigenvalue weighted by atomic mass is 16.2. The van der Waals surface area contributed by atoms with Crippen LogP contribution in [0.5, 0.6) is 0 Å². The molecular formula is C25H28N4O2. The normalized spacial score (nSPS) is 14.4. The Labute approximate surface area is 182 Å². The molecule has 0 spiro atoms. The molecule has 0 N–H and O–H groups in total. The molecule has 31 heavy (non-hydrogen) atoms. The highest BCUT2D eigenvalue weighted by molar-refractivity contribution is 5.79. The fourth-order valence-corrected chi connectivity index (χ4v) is 3.83. The van der Waals surface area contributed by atoms with Crippen LogP contribution >= 0.6 is 0 Å². The second-order valence-corrected chi connectivity index (χ2v) is 8.16. The Morgan fingerprint density at radius 2 is 1.52 bits per heavy atom. The van der Waals surface area contributed by atoms with E-state index >= 15 is 0 Å². The molecule has 4 rings (SSSR count). The lowest BCUT2D eigenvalue weighted by Gasteiger charge is -2.23. The highest BCUT2D eigenvalue weighted by Gasteiger charge is 2.20. The molecule has 1 aliphatic heterocycles. The zero-order valence-corrected chi connectivity index (χ0v) is 18.1. The van der Waals surface area contributed by atoms with Crippen LogP contribution in [0.3, 0.4) is 0 Å². The Bertz CT molecular complexity index is 1100. The Balaban J connectivity index is 1.45. The van der Waals surface area contributed by atoms with Gasteiger partial charge >= 0.3 is 0 Å². The molecule has 1 aromatic heterocycles. The number of aromatic nitrogens is 2. The summed E-state index contributed by atoms with van der Waals surface area (Å²) < 4.78 is 1.44. The summed E-state index contributed by atoms with van der Waals surface area (Å²) >= 11 is 0. The molecule has 0 bridgehead atoms. The first-order valence-corrected chi connectivity index (χ1v) is 10.8. The van der Waals surface area contributed by atoms with E-state index in [-0.39, 0.29) is 11.5 Å². The molecule has 0 radical (unpaired) electrons. The summed E-state index contributed by atoms with van der Waals surface area (Å²) in [5.41, 5.74) is 3.97. The lowest BCUT2D eigenvalue weighted by atomic mass is 10.1. The molecule has 3 aromatic rings. The summed E-state index contributed by atoms with van der Waals surface area (Å²) in [6.07, 6.45) is 1.29. The molecule has 1 aliphatic rings. The van der Waals surface area contributed by atoms with Crippen molar-refractivity contribution in [3.05, 3.63) is 87.7 Å². The van der Waals surface area contributed by atoms with Crippen LogP contribution in [0.15, 0.2) is 65.5 Å². The maximum atomic E-state index is 12.8. The summed E-state index contributed by atoms with van der Waals surface area (Å²) in [5.74, 6) is 0.913. The summed E-state index contributed by atoms with van der Waals surface area (Å²) in [4.78, 5) is 29.3. The first kappa shape index (κ1) is 20.8. The number of carbonyl (C=O) groups excluding carboxylic acids is 1. The number of carbonyl (C=O) groups is 1. The lowest BCUT2D eigenvalue weighted by molar-refractivity contribution is -0.130. The quantitative estimate of drug-likeness (QED) is 0.656. The summed E-state index contributed by atoms with van der Waals surface area (Å²) in [7, 11) is 0. The van der Waals surface area contributed by atoms with Gasteiger partial charge in [0.15, 0.2) is 0 Å². The number of rotatable bonds is 4. The van der Waals surface area contributed by atoms with Crippen molar-refractivity contribution in [1.29, 1.82) is 0 Å². The number of nitrogens with zero attached hydrogens (tertiary/aromatic N) is 4. The number of amides is 1. The summed E-state index contributed by atoms with van der Waals surface area (Å²) in [5, 5.41) is 4.61. The predicted octanol–water partition coefficient (Wildman–Crippen LogP) is 3.13. The highest BCUT2D eigenvalue weighted by Crippen LogP contribution is 2.15. The first-order chi connectivity index (χ1) is 15.0.